The summed E-state index contributed by atoms with van der Waals surface area (Å²) >= 11 is 0. The van der Waals surface area contributed by atoms with Crippen LogP contribution < -0.4 is 5.32 Å². The average molecular weight is 460 g/mol. The number of rotatable bonds is 21. The smallest absolute Gasteiger partial charge is 0.326 e. The van der Waals surface area contributed by atoms with Crippen LogP contribution in [0.3, 0.4) is 0 Å². The van der Waals surface area contributed by atoms with E-state index in [1.165, 1.54) is 103 Å². The lowest BCUT2D eigenvalue weighted by Crippen LogP contribution is -2.39. The highest BCUT2D eigenvalue weighted by molar-refractivity contribution is 5.82. The van der Waals surface area contributed by atoms with Gasteiger partial charge in [0, 0.05) is 20.0 Å². The summed E-state index contributed by atoms with van der Waals surface area (Å²) in [5.41, 5.74) is 0. The van der Waals surface area contributed by atoms with E-state index in [-0.39, 0.29) is 12.8 Å². The highest BCUT2D eigenvalue weighted by Crippen LogP contribution is 2.13. The van der Waals surface area contributed by atoms with Crippen LogP contribution in [0, 0.1) is 0 Å². The number of amides is 1. The van der Waals surface area contributed by atoms with E-state index < -0.39 is 23.9 Å². The zero-order chi connectivity index (χ0) is 24.5. The summed E-state index contributed by atoms with van der Waals surface area (Å²) in [5, 5.41) is 27.6. The molecule has 0 aromatic heterocycles. The molecule has 7 heteroatoms. The van der Waals surface area contributed by atoms with Gasteiger partial charge in [-0.2, -0.15) is 0 Å². The number of aliphatic carboxylic acids is 2. The predicted molar refractivity (Wildman–Crippen MR) is 129 cm³/mol. The number of unbranched alkanes of at least 4 members (excludes halogenated alkanes) is 15. The lowest BCUT2D eigenvalue weighted by Gasteiger charge is -2.10. The van der Waals surface area contributed by atoms with E-state index in [0.717, 1.165) is 6.42 Å². The molecule has 190 valence electrons. The first-order valence-corrected chi connectivity index (χ1v) is 12.7. The van der Waals surface area contributed by atoms with Crippen LogP contribution in [0.2, 0.25) is 0 Å². The summed E-state index contributed by atoms with van der Waals surface area (Å²) in [6.45, 7) is 3.84. The van der Waals surface area contributed by atoms with Crippen LogP contribution in [0.1, 0.15) is 129 Å². The molecule has 0 bridgehead atoms. The number of aliphatic hydroxyl groups excluding tert-OH is 1. The monoisotopic (exact) mass is 459 g/mol. The molecule has 0 radical (unpaired) electrons. The Balaban J connectivity index is 0. The van der Waals surface area contributed by atoms with Gasteiger partial charge in [-0.05, 0) is 12.8 Å². The second-order valence-electron chi connectivity index (χ2n) is 8.55. The fraction of sp³-hybridized carbons (Fsp3) is 0.880. The SMILES string of the molecule is CC(=O)NC(CCC(=O)O)C(=O)O.CCCCCCCCCCCCCCCCCCO. The van der Waals surface area contributed by atoms with Gasteiger partial charge in [0.05, 0.1) is 0 Å². The van der Waals surface area contributed by atoms with Crippen molar-refractivity contribution in [1.29, 1.82) is 0 Å². The molecule has 0 saturated heterocycles. The van der Waals surface area contributed by atoms with E-state index in [4.69, 9.17) is 15.3 Å². The second-order valence-corrected chi connectivity index (χ2v) is 8.55. The summed E-state index contributed by atoms with van der Waals surface area (Å²) in [6.07, 6.45) is 21.8. The van der Waals surface area contributed by atoms with E-state index >= 15 is 0 Å². The number of aliphatic hydroxyl groups is 1. The van der Waals surface area contributed by atoms with E-state index in [1.54, 1.807) is 0 Å². The number of carboxylic acid groups (broad SMARTS) is 2. The maximum atomic E-state index is 10.5. The zero-order valence-corrected chi connectivity index (χ0v) is 20.6. The number of carboxylic acids is 2. The van der Waals surface area contributed by atoms with Gasteiger partial charge in [0.15, 0.2) is 0 Å². The largest absolute Gasteiger partial charge is 0.481 e. The molecule has 0 rings (SSSR count). The van der Waals surface area contributed by atoms with Crippen molar-refractivity contribution in [2.24, 2.45) is 0 Å². The number of carbonyl (C=O) groups excluding carboxylic acids is 1. The van der Waals surface area contributed by atoms with Crippen LogP contribution >= 0.6 is 0 Å². The van der Waals surface area contributed by atoms with Gasteiger partial charge in [-0.15, -0.1) is 0 Å². The molecule has 1 amide bonds. The Kier molecular flexibility index (Phi) is 26.1. The van der Waals surface area contributed by atoms with Crippen molar-refractivity contribution in [3.8, 4) is 0 Å². The molecule has 0 aromatic carbocycles. The zero-order valence-electron chi connectivity index (χ0n) is 20.6. The van der Waals surface area contributed by atoms with Crippen LogP contribution in [0.4, 0.5) is 0 Å². The minimum absolute atomic E-state index is 0.107. The Bertz CT molecular complexity index is 440. The number of carbonyl (C=O) groups is 3. The van der Waals surface area contributed by atoms with Gasteiger partial charge in [0.25, 0.3) is 0 Å². The maximum absolute atomic E-state index is 10.5. The minimum Gasteiger partial charge on any atom is -0.481 e. The third kappa shape index (κ3) is 28.4. The van der Waals surface area contributed by atoms with Gasteiger partial charge in [-0.1, -0.05) is 103 Å². The van der Waals surface area contributed by atoms with Gasteiger partial charge in [0.1, 0.15) is 6.04 Å². The van der Waals surface area contributed by atoms with Crippen LogP contribution in [0.15, 0.2) is 0 Å². The first-order valence-electron chi connectivity index (χ1n) is 12.7. The summed E-state index contributed by atoms with van der Waals surface area (Å²) in [7, 11) is 0. The lowest BCUT2D eigenvalue weighted by molar-refractivity contribution is -0.142. The first-order chi connectivity index (χ1) is 15.3. The summed E-state index contributed by atoms with van der Waals surface area (Å²) in [5.74, 6) is -2.80. The van der Waals surface area contributed by atoms with Gasteiger partial charge >= 0.3 is 11.9 Å². The summed E-state index contributed by atoms with van der Waals surface area (Å²) in [4.78, 5) is 31.0. The Morgan fingerprint density at radius 3 is 1.34 bits per heavy atom. The highest BCUT2D eigenvalue weighted by Gasteiger charge is 2.18. The molecule has 0 aliphatic carbocycles. The topological polar surface area (TPSA) is 124 Å². The Hall–Kier alpha value is -1.63. The van der Waals surface area contributed by atoms with Crippen molar-refractivity contribution < 1.29 is 29.7 Å². The van der Waals surface area contributed by atoms with E-state index in [9.17, 15) is 14.4 Å². The third-order valence-corrected chi connectivity index (χ3v) is 5.33. The van der Waals surface area contributed by atoms with Gasteiger partial charge in [-0.3, -0.25) is 9.59 Å². The quantitative estimate of drug-likeness (QED) is 0.164. The third-order valence-electron chi connectivity index (χ3n) is 5.33. The maximum Gasteiger partial charge on any atom is 0.326 e. The van der Waals surface area contributed by atoms with Gasteiger partial charge in [-0.25, -0.2) is 4.79 Å². The minimum atomic E-state index is -1.23. The van der Waals surface area contributed by atoms with E-state index in [2.05, 4.69) is 12.2 Å². The average Bonchev–Trinajstić information content (AvgIpc) is 2.74. The molecule has 0 spiro atoms. The molecule has 1 unspecified atom stereocenters. The molecule has 32 heavy (non-hydrogen) atoms. The van der Waals surface area contributed by atoms with Crippen LogP contribution in [-0.4, -0.2) is 45.8 Å². The molecule has 0 fully saturated rings. The Labute approximate surface area is 195 Å². The molecular weight excluding hydrogens is 410 g/mol. The van der Waals surface area contributed by atoms with Crippen LogP contribution in [0.25, 0.3) is 0 Å². The molecule has 0 heterocycles. The number of nitrogens with one attached hydrogen (secondary N) is 1. The Morgan fingerprint density at radius 2 is 1.06 bits per heavy atom. The number of hydrogen-bond acceptors (Lipinski definition) is 4. The molecule has 4 N–H and O–H groups in total. The van der Waals surface area contributed by atoms with Crippen LogP contribution in [-0.2, 0) is 14.4 Å². The predicted octanol–water partition coefficient (Wildman–Crippen LogP) is 5.68. The molecule has 7 nitrogen and oxygen atoms in total. The summed E-state index contributed by atoms with van der Waals surface area (Å²) < 4.78 is 0. The first kappa shape index (κ1) is 32.5. The number of hydrogen-bond donors (Lipinski definition) is 4. The lowest BCUT2D eigenvalue weighted by atomic mass is 10.0. The molecular formula is C25H49NO6. The molecule has 0 saturated carbocycles. The second kappa shape index (κ2) is 25.6. The van der Waals surface area contributed by atoms with Crippen molar-refractivity contribution in [1.82, 2.24) is 5.32 Å². The van der Waals surface area contributed by atoms with Crippen molar-refractivity contribution in [3.63, 3.8) is 0 Å². The van der Waals surface area contributed by atoms with Crippen molar-refractivity contribution in [2.75, 3.05) is 6.61 Å². The molecule has 1 atom stereocenters. The van der Waals surface area contributed by atoms with Gasteiger partial charge < -0.3 is 20.6 Å². The highest BCUT2D eigenvalue weighted by atomic mass is 16.4. The normalized spacial score (nSPS) is 11.3. The summed E-state index contributed by atoms with van der Waals surface area (Å²) in [6, 6.07) is -1.12. The molecule has 0 aliphatic rings. The van der Waals surface area contributed by atoms with E-state index in [1.807, 2.05) is 0 Å². The molecule has 0 aromatic rings. The van der Waals surface area contributed by atoms with Crippen molar-refractivity contribution >= 4 is 17.8 Å². The fourth-order valence-electron chi connectivity index (χ4n) is 3.43. The van der Waals surface area contributed by atoms with Gasteiger partial charge in [0.2, 0.25) is 5.91 Å². The van der Waals surface area contributed by atoms with Crippen molar-refractivity contribution in [3.05, 3.63) is 0 Å². The van der Waals surface area contributed by atoms with Crippen molar-refractivity contribution in [2.45, 2.75) is 135 Å². The standard InChI is InChI=1S/C18H38O.C7H11NO5/c1-2-3-4-5-6-7-8-9-10-11-12-13-14-15-16-17-18-19;1-4(9)8-5(7(12)13)2-3-6(10)11/h19H,2-18H2,1H3;5H,2-3H2,1H3,(H,8,9)(H,10,11)(H,12,13). The van der Waals surface area contributed by atoms with E-state index in [0.29, 0.717) is 6.61 Å². The Morgan fingerprint density at radius 1 is 0.688 bits per heavy atom. The van der Waals surface area contributed by atoms with Crippen LogP contribution in [0.5, 0.6) is 0 Å². The molecule has 0 aliphatic heterocycles. The fourth-order valence-corrected chi connectivity index (χ4v) is 3.43.